The maximum Gasteiger partial charge on any atom is 0.00766 e. The van der Waals surface area contributed by atoms with Crippen molar-refractivity contribution >= 4 is 0 Å². The van der Waals surface area contributed by atoms with Gasteiger partial charge in [0.2, 0.25) is 0 Å². The normalized spacial score (nSPS) is 54.6. The maximum absolute atomic E-state index is 6.23. The lowest BCUT2D eigenvalue weighted by Gasteiger charge is -2.57. The Bertz CT molecular complexity index is 439. The van der Waals surface area contributed by atoms with E-state index >= 15 is 0 Å². The van der Waals surface area contributed by atoms with Crippen molar-refractivity contribution in [3.8, 4) is 0 Å². The minimum absolute atomic E-state index is 0.436. The van der Waals surface area contributed by atoms with Crippen LogP contribution >= 0.6 is 0 Å². The van der Waals surface area contributed by atoms with Crippen LogP contribution < -0.4 is 5.73 Å². The molecule has 4 rings (SSSR count). The maximum atomic E-state index is 6.23. The van der Waals surface area contributed by atoms with Gasteiger partial charge >= 0.3 is 0 Å². The molecule has 2 N–H and O–H groups in total. The Hall–Kier alpha value is -0.300. The molecule has 0 amide bonds. The van der Waals surface area contributed by atoms with Gasteiger partial charge in [-0.2, -0.15) is 0 Å². The Labute approximate surface area is 124 Å². The number of nitrogens with two attached hydrogens (primary N) is 1. The second-order valence-corrected chi connectivity index (χ2v) is 8.85. The molecular weight excluding hydrogens is 242 g/mol. The van der Waals surface area contributed by atoms with Crippen molar-refractivity contribution in [2.75, 3.05) is 0 Å². The Morgan fingerprint density at radius 3 is 2.75 bits per heavy atom. The van der Waals surface area contributed by atoms with Crippen LogP contribution in [-0.2, 0) is 0 Å². The van der Waals surface area contributed by atoms with Crippen molar-refractivity contribution in [1.82, 2.24) is 0 Å². The molecule has 0 aromatic carbocycles. The molecule has 1 heteroatoms. The quantitative estimate of drug-likeness (QED) is 0.638. The standard InChI is InChI=1S/C19H31N/c1-18-9-3-4-16(18)15-6-5-13-12-14(20)7-11-19(13,2)17(15)8-10-18/h5,14-17H,3-4,6-12,20H2,1-2H3. The summed E-state index contributed by atoms with van der Waals surface area (Å²) in [5.41, 5.74) is 9.16. The van der Waals surface area contributed by atoms with E-state index < -0.39 is 0 Å². The third-order valence-corrected chi connectivity index (χ3v) is 7.92. The zero-order valence-electron chi connectivity index (χ0n) is 13.3. The van der Waals surface area contributed by atoms with Crippen molar-refractivity contribution in [3.63, 3.8) is 0 Å². The van der Waals surface area contributed by atoms with Gasteiger partial charge in [-0.05, 0) is 80.0 Å². The topological polar surface area (TPSA) is 26.0 Å². The molecule has 112 valence electrons. The number of hydrogen-bond donors (Lipinski definition) is 1. The number of hydrogen-bond acceptors (Lipinski definition) is 1. The van der Waals surface area contributed by atoms with Gasteiger partial charge in [0.1, 0.15) is 0 Å². The van der Waals surface area contributed by atoms with Crippen LogP contribution in [0, 0.1) is 28.6 Å². The number of fused-ring (bicyclic) bond motifs is 5. The van der Waals surface area contributed by atoms with Gasteiger partial charge in [0, 0.05) is 6.04 Å². The molecule has 1 nitrogen and oxygen atoms in total. The van der Waals surface area contributed by atoms with E-state index in [1.165, 1.54) is 57.8 Å². The summed E-state index contributed by atoms with van der Waals surface area (Å²) in [5.74, 6) is 2.97. The van der Waals surface area contributed by atoms with Gasteiger partial charge < -0.3 is 5.73 Å². The molecule has 0 spiro atoms. The monoisotopic (exact) mass is 273 g/mol. The van der Waals surface area contributed by atoms with Crippen LogP contribution in [0.3, 0.4) is 0 Å². The Kier molecular flexibility index (Phi) is 2.91. The molecule has 3 saturated carbocycles. The van der Waals surface area contributed by atoms with E-state index in [0.29, 0.717) is 16.9 Å². The van der Waals surface area contributed by atoms with E-state index in [9.17, 15) is 0 Å². The lowest BCUT2D eigenvalue weighted by Crippen LogP contribution is -2.50. The summed E-state index contributed by atoms with van der Waals surface area (Å²) in [7, 11) is 0. The molecule has 0 aromatic rings. The third-order valence-electron chi connectivity index (χ3n) is 7.92. The molecule has 0 radical (unpaired) electrons. The highest BCUT2D eigenvalue weighted by atomic mass is 14.7. The molecule has 6 atom stereocenters. The first-order valence-corrected chi connectivity index (χ1v) is 8.98. The molecule has 4 aliphatic carbocycles. The molecule has 3 fully saturated rings. The van der Waals surface area contributed by atoms with Crippen molar-refractivity contribution in [1.29, 1.82) is 0 Å². The smallest absolute Gasteiger partial charge is 0.00766 e. The van der Waals surface area contributed by atoms with Crippen LogP contribution in [0.2, 0.25) is 0 Å². The molecule has 0 bridgehead atoms. The summed E-state index contributed by atoms with van der Waals surface area (Å²) in [5, 5.41) is 0. The molecule has 0 aliphatic heterocycles. The van der Waals surface area contributed by atoms with Gasteiger partial charge in [0.15, 0.2) is 0 Å². The molecule has 20 heavy (non-hydrogen) atoms. The van der Waals surface area contributed by atoms with Gasteiger partial charge in [0.05, 0.1) is 0 Å². The summed E-state index contributed by atoms with van der Waals surface area (Å²) < 4.78 is 0. The highest BCUT2D eigenvalue weighted by Crippen LogP contribution is 2.64. The van der Waals surface area contributed by atoms with E-state index in [-0.39, 0.29) is 0 Å². The fraction of sp³-hybridized carbons (Fsp3) is 0.895. The van der Waals surface area contributed by atoms with Gasteiger partial charge in [-0.25, -0.2) is 0 Å². The Morgan fingerprint density at radius 2 is 1.90 bits per heavy atom. The minimum Gasteiger partial charge on any atom is -0.327 e. The Balaban J connectivity index is 1.68. The first-order chi connectivity index (χ1) is 9.53. The van der Waals surface area contributed by atoms with Gasteiger partial charge in [-0.3, -0.25) is 0 Å². The molecular formula is C19H31N. The van der Waals surface area contributed by atoms with E-state index in [4.69, 9.17) is 5.73 Å². The fourth-order valence-electron chi connectivity index (χ4n) is 6.68. The van der Waals surface area contributed by atoms with Crippen LogP contribution in [0.4, 0.5) is 0 Å². The average Bonchev–Trinajstić information content (AvgIpc) is 2.81. The number of rotatable bonds is 0. The van der Waals surface area contributed by atoms with Gasteiger partial charge in [-0.15, -0.1) is 0 Å². The predicted octanol–water partition coefficient (Wildman–Crippen LogP) is 4.67. The first-order valence-electron chi connectivity index (χ1n) is 8.98. The summed E-state index contributed by atoms with van der Waals surface area (Å²) in [6.45, 7) is 5.18. The summed E-state index contributed by atoms with van der Waals surface area (Å²) in [4.78, 5) is 0. The van der Waals surface area contributed by atoms with E-state index in [1.807, 2.05) is 0 Å². The zero-order chi connectivity index (χ0) is 14.0. The van der Waals surface area contributed by atoms with Gasteiger partial charge in [0.25, 0.3) is 0 Å². The number of allylic oxidation sites excluding steroid dienone is 1. The summed E-state index contributed by atoms with van der Waals surface area (Å²) in [6.07, 6.45) is 15.3. The average molecular weight is 273 g/mol. The van der Waals surface area contributed by atoms with E-state index in [1.54, 1.807) is 5.57 Å². The third kappa shape index (κ3) is 1.71. The molecule has 0 heterocycles. The van der Waals surface area contributed by atoms with Crippen LogP contribution in [-0.4, -0.2) is 6.04 Å². The van der Waals surface area contributed by atoms with Crippen LogP contribution in [0.5, 0.6) is 0 Å². The first kappa shape index (κ1) is 13.4. The van der Waals surface area contributed by atoms with Gasteiger partial charge in [-0.1, -0.05) is 31.9 Å². The molecule has 0 saturated heterocycles. The van der Waals surface area contributed by atoms with Crippen molar-refractivity contribution in [3.05, 3.63) is 11.6 Å². The summed E-state index contributed by atoms with van der Waals surface area (Å²) >= 11 is 0. The second-order valence-electron chi connectivity index (χ2n) is 8.85. The predicted molar refractivity (Wildman–Crippen MR) is 84.3 cm³/mol. The highest BCUT2D eigenvalue weighted by Gasteiger charge is 2.55. The van der Waals surface area contributed by atoms with Crippen molar-refractivity contribution in [2.24, 2.45) is 34.3 Å². The van der Waals surface area contributed by atoms with E-state index in [2.05, 4.69) is 19.9 Å². The fourth-order valence-corrected chi connectivity index (χ4v) is 6.68. The van der Waals surface area contributed by atoms with Crippen molar-refractivity contribution < 1.29 is 0 Å². The highest BCUT2D eigenvalue weighted by molar-refractivity contribution is 5.25. The zero-order valence-corrected chi connectivity index (χ0v) is 13.3. The summed E-state index contributed by atoms with van der Waals surface area (Å²) in [6, 6.07) is 0.436. The van der Waals surface area contributed by atoms with Crippen LogP contribution in [0.1, 0.15) is 71.6 Å². The molecule has 0 aromatic heterocycles. The lowest BCUT2D eigenvalue weighted by atomic mass is 9.48. The van der Waals surface area contributed by atoms with Crippen LogP contribution in [0.25, 0.3) is 0 Å². The Morgan fingerprint density at radius 1 is 1.05 bits per heavy atom. The van der Waals surface area contributed by atoms with Crippen molar-refractivity contribution in [2.45, 2.75) is 77.7 Å². The lowest BCUT2D eigenvalue weighted by molar-refractivity contribution is -0.0260. The second kappa shape index (κ2) is 4.35. The molecule has 4 aliphatic rings. The largest absolute Gasteiger partial charge is 0.327 e. The van der Waals surface area contributed by atoms with E-state index in [0.717, 1.165) is 17.8 Å². The van der Waals surface area contributed by atoms with Crippen LogP contribution in [0.15, 0.2) is 11.6 Å². The molecule has 6 unspecified atom stereocenters. The SMILES string of the molecule is CC12CCCC1C1CC=C3CC(N)CCC3(C)C1CC2. The minimum atomic E-state index is 0.436.